The Morgan fingerprint density at radius 3 is 2.08 bits per heavy atom. The third-order valence-corrected chi connectivity index (χ3v) is 11.3. The van der Waals surface area contributed by atoms with E-state index in [1.807, 2.05) is 53.9 Å². The van der Waals surface area contributed by atoms with Crippen molar-refractivity contribution in [3.05, 3.63) is 136 Å². The summed E-state index contributed by atoms with van der Waals surface area (Å²) in [6.07, 6.45) is 16.9. The maximum Gasteiger partial charge on any atom is 0.0625 e. The van der Waals surface area contributed by atoms with Crippen LogP contribution in [0.5, 0.6) is 0 Å². The van der Waals surface area contributed by atoms with Gasteiger partial charge in [-0.3, -0.25) is 34.4 Å². The molecule has 7 rings (SSSR count). The SMILES string of the molecule is Cc1ccc(C2CC[C@@H](c3ncccc3C)N(C)[C@H]2c2ncccc2CCn2cccn2)nc1[C@@H]1CCC[C@H](c2ncccc2CCC#N)N1C. The van der Waals surface area contributed by atoms with Crippen LogP contribution in [0.25, 0.3) is 0 Å². The fraction of sp³-hybridized carbons (Fsp3) is 0.429. The second-order valence-corrected chi connectivity index (χ2v) is 14.4. The average molecular weight is 680 g/mol. The number of pyridine rings is 4. The summed E-state index contributed by atoms with van der Waals surface area (Å²) in [5.41, 5.74) is 10.5. The molecule has 2 fully saturated rings. The molecule has 9 heteroatoms. The maximum atomic E-state index is 9.31. The van der Waals surface area contributed by atoms with Gasteiger partial charge in [0.1, 0.15) is 0 Å². The minimum Gasteiger partial charge on any atom is -0.289 e. The molecule has 0 N–H and O–H groups in total. The highest BCUT2D eigenvalue weighted by Gasteiger charge is 2.41. The first-order valence-electron chi connectivity index (χ1n) is 18.5. The maximum absolute atomic E-state index is 9.31. The van der Waals surface area contributed by atoms with Gasteiger partial charge in [-0.15, -0.1) is 0 Å². The number of piperidine rings is 2. The minimum atomic E-state index is 0.0232. The number of likely N-dealkylation sites (tertiary alicyclic amines) is 2. The summed E-state index contributed by atoms with van der Waals surface area (Å²) in [6, 6.07) is 22.0. The Hall–Kier alpha value is -4.78. The van der Waals surface area contributed by atoms with Crippen LogP contribution in [0.15, 0.2) is 85.6 Å². The van der Waals surface area contributed by atoms with Gasteiger partial charge in [0.15, 0.2) is 0 Å². The Kier molecular flexibility index (Phi) is 10.6. The molecule has 2 saturated heterocycles. The van der Waals surface area contributed by atoms with E-state index in [0.29, 0.717) is 6.42 Å². The van der Waals surface area contributed by atoms with Gasteiger partial charge in [0.2, 0.25) is 0 Å². The predicted octanol–water partition coefficient (Wildman–Crippen LogP) is 7.97. The molecule has 0 aromatic carbocycles. The van der Waals surface area contributed by atoms with Crippen LogP contribution in [0, 0.1) is 25.2 Å². The monoisotopic (exact) mass is 679 g/mol. The number of hydrogen-bond donors (Lipinski definition) is 0. The molecule has 0 bridgehead atoms. The van der Waals surface area contributed by atoms with Gasteiger partial charge in [0, 0.05) is 55.6 Å². The van der Waals surface area contributed by atoms with Crippen molar-refractivity contribution in [3.63, 3.8) is 0 Å². The molecule has 0 radical (unpaired) electrons. The van der Waals surface area contributed by atoms with Gasteiger partial charge < -0.3 is 0 Å². The number of aryl methyl sites for hydroxylation is 5. The topological polar surface area (TPSA) is 99.6 Å². The van der Waals surface area contributed by atoms with E-state index in [-0.39, 0.29) is 30.1 Å². The molecule has 5 atom stereocenters. The van der Waals surface area contributed by atoms with Crippen molar-refractivity contribution < 1.29 is 0 Å². The van der Waals surface area contributed by atoms with Crippen molar-refractivity contribution in [1.82, 2.24) is 39.5 Å². The molecule has 0 saturated carbocycles. The van der Waals surface area contributed by atoms with Crippen LogP contribution in [0.1, 0.15) is 119 Å². The predicted molar refractivity (Wildman–Crippen MR) is 199 cm³/mol. The molecule has 1 unspecified atom stereocenters. The van der Waals surface area contributed by atoms with E-state index in [2.05, 4.69) is 85.3 Å². The highest BCUT2D eigenvalue weighted by Crippen LogP contribution is 2.49. The van der Waals surface area contributed by atoms with Crippen LogP contribution in [0.2, 0.25) is 0 Å². The number of likely N-dealkylation sites (N-methyl/N-ethyl adjacent to an activating group) is 1. The zero-order valence-corrected chi connectivity index (χ0v) is 30.4. The lowest BCUT2D eigenvalue weighted by Gasteiger charge is -2.45. The Balaban J connectivity index is 1.25. The lowest BCUT2D eigenvalue weighted by Crippen LogP contribution is -2.40. The fourth-order valence-corrected chi connectivity index (χ4v) is 8.69. The quantitative estimate of drug-likeness (QED) is 0.147. The van der Waals surface area contributed by atoms with Crippen LogP contribution in [-0.4, -0.2) is 53.6 Å². The summed E-state index contributed by atoms with van der Waals surface area (Å²) in [7, 11) is 4.49. The average Bonchev–Trinajstić information content (AvgIpc) is 3.68. The van der Waals surface area contributed by atoms with E-state index >= 15 is 0 Å². The van der Waals surface area contributed by atoms with Gasteiger partial charge in [-0.1, -0.05) is 24.3 Å². The van der Waals surface area contributed by atoms with Gasteiger partial charge >= 0.3 is 0 Å². The summed E-state index contributed by atoms with van der Waals surface area (Å²) in [5, 5.41) is 13.8. The summed E-state index contributed by atoms with van der Waals surface area (Å²) in [6.45, 7) is 5.18. The first-order valence-corrected chi connectivity index (χ1v) is 18.5. The standard InChI is InChI=1S/C42H49N9/c1-29-11-7-23-44-38(29)37-20-18-33(42(50(37)4)41-32(14-9-25-46-41)21-28-51-27-10-26-47-51)34-19-17-30(2)39(48-34)35-15-5-16-36(49(35)3)40-31(12-6-22-43)13-8-24-45-40/h7-11,13-14,17,19,23-27,33,35-37,42H,5-6,12,15-16,18,20-21,28H2,1-4H3/t33?,35-,36+,37-,42+/m0/s1. The zero-order chi connectivity index (χ0) is 35.3. The van der Waals surface area contributed by atoms with Crippen LogP contribution in [0.4, 0.5) is 0 Å². The molecule has 7 heterocycles. The van der Waals surface area contributed by atoms with E-state index in [4.69, 9.17) is 19.9 Å². The Labute approximate surface area is 302 Å². The summed E-state index contributed by atoms with van der Waals surface area (Å²) >= 11 is 0. The smallest absolute Gasteiger partial charge is 0.0625 e. The van der Waals surface area contributed by atoms with Crippen molar-refractivity contribution in [3.8, 4) is 6.07 Å². The molecular formula is C42H49N9. The molecule has 5 aromatic heterocycles. The molecule has 2 aliphatic heterocycles. The van der Waals surface area contributed by atoms with Crippen molar-refractivity contribution >= 4 is 0 Å². The molecule has 2 aliphatic rings. The third-order valence-electron chi connectivity index (χ3n) is 11.3. The van der Waals surface area contributed by atoms with Crippen molar-refractivity contribution in [1.29, 1.82) is 5.26 Å². The molecule has 9 nitrogen and oxygen atoms in total. The van der Waals surface area contributed by atoms with Crippen LogP contribution >= 0.6 is 0 Å². The summed E-state index contributed by atoms with van der Waals surface area (Å²) in [5.74, 6) is 0.158. The number of aromatic nitrogens is 6. The van der Waals surface area contributed by atoms with E-state index in [1.54, 1.807) is 0 Å². The Morgan fingerprint density at radius 1 is 0.686 bits per heavy atom. The van der Waals surface area contributed by atoms with E-state index in [9.17, 15) is 5.26 Å². The Bertz CT molecular complexity index is 1970. The Morgan fingerprint density at radius 2 is 1.35 bits per heavy atom. The second-order valence-electron chi connectivity index (χ2n) is 14.4. The third kappa shape index (κ3) is 7.21. The molecular weight excluding hydrogens is 631 g/mol. The van der Waals surface area contributed by atoms with Gasteiger partial charge in [0.05, 0.1) is 53.0 Å². The van der Waals surface area contributed by atoms with Gasteiger partial charge in [0.25, 0.3) is 0 Å². The summed E-state index contributed by atoms with van der Waals surface area (Å²) in [4.78, 5) is 25.6. The fourth-order valence-electron chi connectivity index (χ4n) is 8.69. The van der Waals surface area contributed by atoms with E-state index < -0.39 is 0 Å². The lowest BCUT2D eigenvalue weighted by molar-refractivity contribution is 0.0854. The molecule has 0 amide bonds. The largest absolute Gasteiger partial charge is 0.289 e. The van der Waals surface area contributed by atoms with Crippen molar-refractivity contribution in [2.75, 3.05) is 14.1 Å². The number of nitrogens with zero attached hydrogens (tertiary/aromatic N) is 9. The van der Waals surface area contributed by atoms with Gasteiger partial charge in [-0.25, -0.2) is 0 Å². The highest BCUT2D eigenvalue weighted by molar-refractivity contribution is 5.34. The minimum absolute atomic E-state index is 0.0232. The molecule has 0 aliphatic carbocycles. The number of rotatable bonds is 10. The zero-order valence-electron chi connectivity index (χ0n) is 30.4. The van der Waals surface area contributed by atoms with Crippen LogP contribution < -0.4 is 0 Å². The highest BCUT2D eigenvalue weighted by atomic mass is 15.3. The van der Waals surface area contributed by atoms with Crippen LogP contribution in [0.3, 0.4) is 0 Å². The second kappa shape index (κ2) is 15.6. The first-order chi connectivity index (χ1) is 24.9. The van der Waals surface area contributed by atoms with E-state index in [0.717, 1.165) is 74.3 Å². The van der Waals surface area contributed by atoms with Gasteiger partial charge in [-0.05, 0) is 125 Å². The first kappa shape index (κ1) is 34.7. The molecule has 51 heavy (non-hydrogen) atoms. The number of nitriles is 1. The molecule has 262 valence electrons. The van der Waals surface area contributed by atoms with Crippen molar-refractivity contribution in [2.45, 2.75) is 102 Å². The normalized spacial score (nSPS) is 22.8. The van der Waals surface area contributed by atoms with Gasteiger partial charge in [-0.2, -0.15) is 10.4 Å². The summed E-state index contributed by atoms with van der Waals surface area (Å²) < 4.78 is 2.00. The van der Waals surface area contributed by atoms with E-state index in [1.165, 1.54) is 27.9 Å². The lowest BCUT2D eigenvalue weighted by atomic mass is 9.78. The van der Waals surface area contributed by atoms with Crippen LogP contribution in [-0.2, 0) is 19.4 Å². The number of hydrogen-bond acceptors (Lipinski definition) is 8. The van der Waals surface area contributed by atoms with Crippen molar-refractivity contribution in [2.24, 2.45) is 0 Å². The molecule has 5 aromatic rings. The molecule has 0 spiro atoms.